The summed E-state index contributed by atoms with van der Waals surface area (Å²) >= 11 is 0. The number of unbranched alkanes of at least 4 members (excludes halogenated alkanes) is 3. The van der Waals surface area contributed by atoms with Crippen molar-refractivity contribution in [1.29, 1.82) is 0 Å². The number of hydrogen-bond acceptors (Lipinski definition) is 8. The number of Topliss-reactive ketones (excluding diaryl/α,β-unsaturated/α-hetero) is 2. The Morgan fingerprint density at radius 2 is 1.95 bits per heavy atom. The quantitative estimate of drug-likeness (QED) is 0.0584. The Morgan fingerprint density at radius 1 is 1.23 bits per heavy atom. The van der Waals surface area contributed by atoms with E-state index in [0.717, 1.165) is 30.4 Å². The van der Waals surface area contributed by atoms with Crippen LogP contribution in [-0.4, -0.2) is 60.9 Å². The van der Waals surface area contributed by atoms with Crippen LogP contribution in [0.25, 0.3) is 0 Å². The molecule has 0 bridgehead atoms. The van der Waals surface area contributed by atoms with E-state index in [2.05, 4.69) is 22.5 Å². The number of carbonyl (C=O) groups is 3. The van der Waals surface area contributed by atoms with Crippen LogP contribution in [0.4, 0.5) is 0 Å². The molecule has 0 aromatic heterocycles. The van der Waals surface area contributed by atoms with E-state index in [1.54, 1.807) is 31.3 Å². The molecule has 2 heterocycles. The van der Waals surface area contributed by atoms with E-state index in [1.807, 2.05) is 25.2 Å². The van der Waals surface area contributed by atoms with Gasteiger partial charge in [0.05, 0.1) is 18.5 Å². The average molecular weight is 550 g/mol. The van der Waals surface area contributed by atoms with Crippen molar-refractivity contribution in [2.75, 3.05) is 20.2 Å². The molecule has 1 aromatic carbocycles. The average Bonchev–Trinajstić information content (AvgIpc) is 3.66. The van der Waals surface area contributed by atoms with Crippen molar-refractivity contribution in [2.45, 2.75) is 69.6 Å². The van der Waals surface area contributed by atoms with Crippen LogP contribution in [0.5, 0.6) is 0 Å². The summed E-state index contributed by atoms with van der Waals surface area (Å²) < 4.78 is 11.5. The first kappa shape index (κ1) is 29.1. The lowest BCUT2D eigenvalue weighted by Gasteiger charge is -2.25. The molecule has 0 spiro atoms. The fourth-order valence-electron chi connectivity index (χ4n) is 5.37. The SMILES string of the molecule is CCCCCCOC(=O)C12OC1(CC=C(C)CC(NC(N)=NC)C1=CCNC(N)=C1)C(=O)c1ccccc1C2=O. The van der Waals surface area contributed by atoms with E-state index in [0.29, 0.717) is 25.2 Å². The van der Waals surface area contributed by atoms with Crippen LogP contribution in [0, 0.1) is 0 Å². The van der Waals surface area contributed by atoms with Gasteiger partial charge in [0.2, 0.25) is 5.78 Å². The molecule has 1 fully saturated rings. The van der Waals surface area contributed by atoms with Crippen molar-refractivity contribution in [3.8, 4) is 0 Å². The number of aliphatic imine (C=N–C) groups is 1. The van der Waals surface area contributed by atoms with Crippen molar-refractivity contribution in [3.63, 3.8) is 0 Å². The lowest BCUT2D eigenvalue weighted by atomic mass is 9.72. The molecular formula is C30H39N5O5. The highest BCUT2D eigenvalue weighted by Gasteiger charge is 2.85. The molecule has 3 aliphatic rings. The molecule has 3 atom stereocenters. The molecule has 40 heavy (non-hydrogen) atoms. The van der Waals surface area contributed by atoms with Crippen molar-refractivity contribution in [2.24, 2.45) is 16.5 Å². The van der Waals surface area contributed by atoms with Gasteiger partial charge in [-0.2, -0.15) is 0 Å². The smallest absolute Gasteiger partial charge is 0.350 e. The molecule has 1 aliphatic carbocycles. The number of guanidine groups is 1. The number of epoxide rings is 1. The van der Waals surface area contributed by atoms with E-state index in [1.165, 1.54) is 0 Å². The van der Waals surface area contributed by atoms with Gasteiger partial charge in [-0.25, -0.2) is 4.79 Å². The van der Waals surface area contributed by atoms with Gasteiger partial charge in [0.15, 0.2) is 17.3 Å². The van der Waals surface area contributed by atoms with Crippen LogP contribution in [0.1, 0.15) is 73.1 Å². The van der Waals surface area contributed by atoms with Crippen LogP contribution >= 0.6 is 0 Å². The minimum absolute atomic E-state index is 0.0470. The monoisotopic (exact) mass is 549 g/mol. The molecule has 1 saturated heterocycles. The van der Waals surface area contributed by atoms with Crippen LogP contribution in [0.2, 0.25) is 0 Å². The van der Waals surface area contributed by atoms with E-state index in [4.69, 9.17) is 20.9 Å². The highest BCUT2D eigenvalue weighted by molar-refractivity contribution is 6.32. The Kier molecular flexibility index (Phi) is 8.78. The maximum atomic E-state index is 13.8. The molecule has 0 saturated carbocycles. The van der Waals surface area contributed by atoms with Crippen molar-refractivity contribution in [1.82, 2.24) is 10.6 Å². The highest BCUT2D eigenvalue weighted by Crippen LogP contribution is 2.58. The number of nitrogens with one attached hydrogen (secondary N) is 2. The lowest BCUT2D eigenvalue weighted by Crippen LogP contribution is -2.50. The third kappa shape index (κ3) is 5.40. The summed E-state index contributed by atoms with van der Waals surface area (Å²) in [6, 6.07) is 6.29. The van der Waals surface area contributed by atoms with Gasteiger partial charge >= 0.3 is 5.97 Å². The molecule has 0 amide bonds. The van der Waals surface area contributed by atoms with E-state index in [9.17, 15) is 14.4 Å². The topological polar surface area (TPSA) is 161 Å². The first-order valence-electron chi connectivity index (χ1n) is 13.8. The number of nitrogens with two attached hydrogens (primary N) is 2. The maximum Gasteiger partial charge on any atom is 0.350 e. The maximum absolute atomic E-state index is 13.8. The van der Waals surface area contributed by atoms with E-state index < -0.39 is 23.0 Å². The lowest BCUT2D eigenvalue weighted by molar-refractivity contribution is -0.148. The van der Waals surface area contributed by atoms with Crippen molar-refractivity contribution >= 4 is 23.5 Å². The van der Waals surface area contributed by atoms with Gasteiger partial charge in [0.1, 0.15) is 0 Å². The highest BCUT2D eigenvalue weighted by atomic mass is 16.7. The molecule has 10 nitrogen and oxygen atoms in total. The number of benzene rings is 1. The minimum atomic E-state index is -1.97. The van der Waals surface area contributed by atoms with Gasteiger partial charge in [-0.15, -0.1) is 0 Å². The van der Waals surface area contributed by atoms with Gasteiger partial charge in [-0.3, -0.25) is 14.6 Å². The summed E-state index contributed by atoms with van der Waals surface area (Å²) in [6.07, 6.45) is 9.92. The molecule has 1 aromatic rings. The van der Waals surface area contributed by atoms with Crippen LogP contribution in [0.3, 0.4) is 0 Å². The first-order valence-corrected chi connectivity index (χ1v) is 13.8. The predicted octanol–water partition coefficient (Wildman–Crippen LogP) is 2.66. The summed E-state index contributed by atoms with van der Waals surface area (Å²) in [5.74, 6) is -0.887. The minimum Gasteiger partial charge on any atom is -0.463 e. The summed E-state index contributed by atoms with van der Waals surface area (Å²) in [5, 5.41) is 6.25. The number of nitrogens with zero attached hydrogens (tertiary/aromatic N) is 1. The number of esters is 1. The Balaban J connectivity index is 1.58. The molecule has 4 rings (SSSR count). The molecule has 2 aliphatic heterocycles. The molecule has 0 radical (unpaired) electrons. The zero-order valence-corrected chi connectivity index (χ0v) is 23.4. The van der Waals surface area contributed by atoms with Gasteiger partial charge in [0.25, 0.3) is 5.60 Å². The Hall–Kier alpha value is -3.92. The van der Waals surface area contributed by atoms with Gasteiger partial charge in [-0.1, -0.05) is 68.2 Å². The summed E-state index contributed by atoms with van der Waals surface area (Å²) in [4.78, 5) is 44.8. The second kappa shape index (κ2) is 12.1. The van der Waals surface area contributed by atoms with Crippen LogP contribution < -0.4 is 22.1 Å². The Bertz CT molecular complexity index is 1300. The number of dihydropyridines is 1. The number of ether oxygens (including phenoxy) is 2. The van der Waals surface area contributed by atoms with Crippen molar-refractivity contribution < 1.29 is 23.9 Å². The number of carbonyl (C=O) groups excluding carboxylic acids is 3. The zero-order chi connectivity index (χ0) is 28.9. The van der Waals surface area contributed by atoms with E-state index in [-0.39, 0.29) is 41.9 Å². The fraction of sp³-hybridized carbons (Fsp3) is 0.467. The number of fused-ring (bicyclic) bond motifs is 2. The first-order chi connectivity index (χ1) is 19.2. The second-order valence-corrected chi connectivity index (χ2v) is 10.5. The third-order valence-corrected chi connectivity index (χ3v) is 7.67. The zero-order valence-electron chi connectivity index (χ0n) is 23.4. The Morgan fingerprint density at radius 3 is 2.62 bits per heavy atom. The molecular weight excluding hydrogens is 510 g/mol. The van der Waals surface area contributed by atoms with Crippen molar-refractivity contribution in [3.05, 3.63) is 70.6 Å². The van der Waals surface area contributed by atoms with Gasteiger partial charge < -0.3 is 31.6 Å². The summed E-state index contributed by atoms with van der Waals surface area (Å²) in [6.45, 7) is 4.76. The normalized spacial score (nSPS) is 24.7. The number of hydrogen-bond donors (Lipinski definition) is 4. The predicted molar refractivity (Wildman–Crippen MR) is 153 cm³/mol. The largest absolute Gasteiger partial charge is 0.463 e. The second-order valence-electron chi connectivity index (χ2n) is 10.5. The standard InChI is InChI=1S/C30H39N5O5/c1-4-5-6-9-16-39-27(38)30-26(37)22-11-8-7-10-21(22)25(36)29(30,40-30)14-12-19(2)17-23(35-28(32)33-3)20-13-15-34-24(31)18-20/h7-8,10-13,18,23,34H,4-6,9,14-17,31H2,1-3H3,(H3,32,33,35). The molecule has 3 unspecified atom stereocenters. The molecule has 214 valence electrons. The fourth-order valence-corrected chi connectivity index (χ4v) is 5.37. The van der Waals surface area contributed by atoms with Crippen LogP contribution in [0.15, 0.2) is 64.5 Å². The van der Waals surface area contributed by atoms with E-state index >= 15 is 0 Å². The van der Waals surface area contributed by atoms with Crippen LogP contribution in [-0.2, 0) is 14.3 Å². The number of ketones is 2. The Labute approximate surface area is 234 Å². The summed E-state index contributed by atoms with van der Waals surface area (Å²) in [5.41, 5.74) is 10.6. The third-order valence-electron chi connectivity index (χ3n) is 7.67. The molecule has 10 heteroatoms. The number of rotatable bonds is 12. The molecule has 6 N–H and O–H groups in total. The summed E-state index contributed by atoms with van der Waals surface area (Å²) in [7, 11) is 1.60. The van der Waals surface area contributed by atoms with Gasteiger partial charge in [0, 0.05) is 31.1 Å². The van der Waals surface area contributed by atoms with Gasteiger partial charge in [-0.05, 0) is 31.4 Å².